The monoisotopic (exact) mass is 275 g/mol. The summed E-state index contributed by atoms with van der Waals surface area (Å²) < 4.78 is 0. The van der Waals surface area contributed by atoms with Gasteiger partial charge in [-0.3, -0.25) is 0 Å². The van der Waals surface area contributed by atoms with E-state index in [2.05, 4.69) is 20.9 Å². The Morgan fingerprint density at radius 2 is 2.07 bits per heavy atom. The van der Waals surface area contributed by atoms with E-state index >= 15 is 0 Å². The van der Waals surface area contributed by atoms with Gasteiger partial charge in [0.15, 0.2) is 11.0 Å². The number of nitrogen functional groups attached to an aromatic ring is 1. The van der Waals surface area contributed by atoms with Crippen molar-refractivity contribution < 1.29 is 5.11 Å². The van der Waals surface area contributed by atoms with Gasteiger partial charge in [-0.05, 0) is 0 Å². The SMILES string of the molecule is Cl.Cl.NNc1nnc(Cl)cc1NCCO. The lowest BCUT2D eigenvalue weighted by Gasteiger charge is -2.08. The molecule has 0 saturated heterocycles. The van der Waals surface area contributed by atoms with E-state index < -0.39 is 0 Å². The van der Waals surface area contributed by atoms with Crippen LogP contribution in [0.1, 0.15) is 0 Å². The molecule has 0 saturated carbocycles. The molecule has 88 valence electrons. The van der Waals surface area contributed by atoms with Crippen molar-refractivity contribution in [2.45, 2.75) is 0 Å². The van der Waals surface area contributed by atoms with E-state index in [0.29, 0.717) is 18.1 Å². The number of hydrogen-bond acceptors (Lipinski definition) is 6. The lowest BCUT2D eigenvalue weighted by atomic mass is 10.4. The second-order valence-electron chi connectivity index (χ2n) is 2.22. The fourth-order valence-electron chi connectivity index (χ4n) is 0.800. The topological polar surface area (TPSA) is 96.1 Å². The zero-order valence-electron chi connectivity index (χ0n) is 7.61. The summed E-state index contributed by atoms with van der Waals surface area (Å²) in [5, 5.41) is 19.0. The van der Waals surface area contributed by atoms with Gasteiger partial charge in [0.25, 0.3) is 0 Å². The largest absolute Gasteiger partial charge is 0.395 e. The number of aliphatic hydroxyl groups is 1. The molecular formula is C6H12Cl3N5O. The minimum Gasteiger partial charge on any atom is -0.395 e. The zero-order chi connectivity index (χ0) is 9.68. The van der Waals surface area contributed by atoms with Crippen LogP contribution in [0.25, 0.3) is 0 Å². The Kier molecular flexibility index (Phi) is 9.85. The summed E-state index contributed by atoms with van der Waals surface area (Å²) in [4.78, 5) is 0. The van der Waals surface area contributed by atoms with Crippen LogP contribution < -0.4 is 16.6 Å². The standard InChI is InChI=1S/C6H10ClN5O.2ClH/c7-5-3-4(9-1-2-13)6(10-8)12-11-5;;/h3,13H,1-2,8H2,(H,9,11)(H,10,12);2*1H. The molecule has 0 radical (unpaired) electrons. The van der Waals surface area contributed by atoms with Crippen LogP contribution in [0.3, 0.4) is 0 Å². The van der Waals surface area contributed by atoms with Gasteiger partial charge in [0.2, 0.25) is 0 Å². The lowest BCUT2D eigenvalue weighted by molar-refractivity contribution is 0.311. The Morgan fingerprint density at radius 1 is 1.40 bits per heavy atom. The summed E-state index contributed by atoms with van der Waals surface area (Å²) >= 11 is 5.61. The van der Waals surface area contributed by atoms with E-state index in [0.717, 1.165) is 0 Å². The fourth-order valence-corrected chi connectivity index (χ4v) is 0.947. The molecule has 1 aromatic rings. The van der Waals surface area contributed by atoms with Gasteiger partial charge in [0.1, 0.15) is 0 Å². The van der Waals surface area contributed by atoms with E-state index in [1.807, 2.05) is 0 Å². The van der Waals surface area contributed by atoms with Gasteiger partial charge in [-0.2, -0.15) is 0 Å². The highest BCUT2D eigenvalue weighted by molar-refractivity contribution is 6.29. The Labute approximate surface area is 104 Å². The van der Waals surface area contributed by atoms with E-state index in [1.165, 1.54) is 0 Å². The Bertz CT molecular complexity index is 287. The predicted octanol–water partition coefficient (Wildman–Crippen LogP) is 0.663. The second-order valence-corrected chi connectivity index (χ2v) is 2.61. The van der Waals surface area contributed by atoms with Crippen LogP contribution in [0, 0.1) is 0 Å². The number of nitrogens with two attached hydrogens (primary N) is 1. The molecule has 0 aliphatic heterocycles. The van der Waals surface area contributed by atoms with Gasteiger partial charge in [-0.25, -0.2) is 5.84 Å². The smallest absolute Gasteiger partial charge is 0.186 e. The molecule has 5 N–H and O–H groups in total. The first-order valence-electron chi connectivity index (χ1n) is 3.62. The first kappa shape index (κ1) is 16.9. The molecule has 0 spiro atoms. The third kappa shape index (κ3) is 5.19. The van der Waals surface area contributed by atoms with Crippen molar-refractivity contribution in [2.24, 2.45) is 5.84 Å². The van der Waals surface area contributed by atoms with Gasteiger partial charge in [0.05, 0.1) is 12.3 Å². The van der Waals surface area contributed by atoms with Crippen LogP contribution in [0.2, 0.25) is 5.15 Å². The molecule has 1 aromatic heterocycles. The highest BCUT2D eigenvalue weighted by atomic mass is 35.5. The maximum absolute atomic E-state index is 8.58. The van der Waals surface area contributed by atoms with Gasteiger partial charge in [-0.1, -0.05) is 11.6 Å². The first-order valence-corrected chi connectivity index (χ1v) is 4.00. The first-order chi connectivity index (χ1) is 6.27. The van der Waals surface area contributed by atoms with E-state index in [4.69, 9.17) is 22.6 Å². The number of anilines is 2. The quantitative estimate of drug-likeness (QED) is 0.477. The molecular weight excluding hydrogens is 264 g/mol. The number of halogens is 3. The number of rotatable bonds is 4. The van der Waals surface area contributed by atoms with Crippen molar-refractivity contribution in [3.05, 3.63) is 11.2 Å². The highest BCUT2D eigenvalue weighted by Gasteiger charge is 2.03. The molecule has 0 aliphatic rings. The van der Waals surface area contributed by atoms with Crippen molar-refractivity contribution >= 4 is 47.9 Å². The number of nitrogens with one attached hydrogen (secondary N) is 2. The summed E-state index contributed by atoms with van der Waals surface area (Å²) in [5.74, 6) is 5.56. The van der Waals surface area contributed by atoms with Crippen LogP contribution in [0.4, 0.5) is 11.5 Å². The van der Waals surface area contributed by atoms with Gasteiger partial charge >= 0.3 is 0 Å². The molecule has 15 heavy (non-hydrogen) atoms. The molecule has 6 nitrogen and oxygen atoms in total. The average molecular weight is 277 g/mol. The molecule has 0 bridgehead atoms. The highest BCUT2D eigenvalue weighted by Crippen LogP contribution is 2.19. The number of aliphatic hydroxyl groups excluding tert-OH is 1. The molecule has 0 atom stereocenters. The minimum absolute atomic E-state index is 0. The number of hydrogen-bond donors (Lipinski definition) is 4. The molecule has 9 heteroatoms. The molecule has 0 aromatic carbocycles. The summed E-state index contributed by atoms with van der Waals surface area (Å²) in [6.07, 6.45) is 0. The number of nitrogens with zero attached hydrogens (tertiary/aromatic N) is 2. The Morgan fingerprint density at radius 3 is 2.60 bits per heavy atom. The lowest BCUT2D eigenvalue weighted by Crippen LogP contribution is -2.14. The maximum atomic E-state index is 8.58. The third-order valence-corrected chi connectivity index (χ3v) is 1.51. The minimum atomic E-state index is 0. The normalized spacial score (nSPS) is 8.47. The van der Waals surface area contributed by atoms with Gasteiger partial charge in [0, 0.05) is 12.6 Å². The molecule has 0 aliphatic carbocycles. The molecule has 0 unspecified atom stereocenters. The molecule has 0 fully saturated rings. The van der Waals surface area contributed by atoms with Crippen molar-refractivity contribution in [2.75, 3.05) is 23.9 Å². The Balaban J connectivity index is 0. The van der Waals surface area contributed by atoms with Crippen molar-refractivity contribution in [1.82, 2.24) is 10.2 Å². The number of hydrazine groups is 1. The van der Waals surface area contributed by atoms with Gasteiger partial charge in [-0.15, -0.1) is 35.0 Å². The van der Waals surface area contributed by atoms with E-state index in [-0.39, 0.29) is 36.6 Å². The van der Waals surface area contributed by atoms with Crippen LogP contribution in [0.15, 0.2) is 6.07 Å². The molecule has 1 rings (SSSR count). The predicted molar refractivity (Wildman–Crippen MR) is 64.9 cm³/mol. The Hall–Kier alpha value is -0.530. The van der Waals surface area contributed by atoms with Crippen LogP contribution in [0.5, 0.6) is 0 Å². The van der Waals surface area contributed by atoms with Crippen LogP contribution in [-0.2, 0) is 0 Å². The second kappa shape index (κ2) is 8.75. The third-order valence-electron chi connectivity index (χ3n) is 1.33. The maximum Gasteiger partial charge on any atom is 0.186 e. The average Bonchev–Trinajstić information content (AvgIpc) is 2.15. The summed E-state index contributed by atoms with van der Waals surface area (Å²) in [5.41, 5.74) is 2.96. The van der Waals surface area contributed by atoms with E-state index in [9.17, 15) is 0 Å². The molecule has 1 heterocycles. The summed E-state index contributed by atoms with van der Waals surface area (Å²) in [6, 6.07) is 1.57. The van der Waals surface area contributed by atoms with Gasteiger partial charge < -0.3 is 15.8 Å². The van der Waals surface area contributed by atoms with Crippen molar-refractivity contribution in [1.29, 1.82) is 0 Å². The van der Waals surface area contributed by atoms with Crippen molar-refractivity contribution in [3.8, 4) is 0 Å². The van der Waals surface area contributed by atoms with Crippen LogP contribution in [-0.4, -0.2) is 28.5 Å². The zero-order valence-corrected chi connectivity index (χ0v) is 9.99. The fraction of sp³-hybridized carbons (Fsp3) is 0.333. The van der Waals surface area contributed by atoms with E-state index in [1.54, 1.807) is 6.07 Å². The number of aromatic nitrogens is 2. The summed E-state index contributed by atoms with van der Waals surface area (Å²) in [6.45, 7) is 0.417. The summed E-state index contributed by atoms with van der Waals surface area (Å²) in [7, 11) is 0. The van der Waals surface area contributed by atoms with Crippen molar-refractivity contribution in [3.63, 3.8) is 0 Å². The van der Waals surface area contributed by atoms with Crippen LogP contribution >= 0.6 is 36.4 Å². The molecule has 0 amide bonds.